The Morgan fingerprint density at radius 1 is 1.24 bits per heavy atom. The van der Waals surface area contributed by atoms with Crippen LogP contribution in [0.1, 0.15) is 16.1 Å². The van der Waals surface area contributed by atoms with Crippen LogP contribution in [0.5, 0.6) is 0 Å². The smallest absolute Gasteiger partial charge is 0.433 e. The van der Waals surface area contributed by atoms with Crippen molar-refractivity contribution in [1.29, 1.82) is 0 Å². The number of carboxylic acids is 1. The molecule has 5 nitrogen and oxygen atoms in total. The number of pyridine rings is 1. The number of halogens is 3. The fraction of sp³-hybridized carbons (Fsp3) is 0.0769. The van der Waals surface area contributed by atoms with Crippen LogP contribution in [0, 0.1) is 0 Å². The molecule has 0 atom stereocenters. The zero-order chi connectivity index (χ0) is 15.6. The van der Waals surface area contributed by atoms with Gasteiger partial charge in [0, 0.05) is 5.69 Å². The van der Waals surface area contributed by atoms with Crippen LogP contribution in [0.25, 0.3) is 0 Å². The van der Waals surface area contributed by atoms with E-state index in [1.807, 2.05) is 0 Å². The third kappa shape index (κ3) is 3.41. The van der Waals surface area contributed by atoms with Crippen LogP contribution in [-0.4, -0.2) is 16.1 Å². The summed E-state index contributed by atoms with van der Waals surface area (Å²) in [4.78, 5) is 14.4. The molecule has 110 valence electrons. The van der Waals surface area contributed by atoms with Crippen molar-refractivity contribution in [2.24, 2.45) is 0 Å². The van der Waals surface area contributed by atoms with Gasteiger partial charge in [0.25, 0.3) is 0 Å². The molecule has 21 heavy (non-hydrogen) atoms. The van der Waals surface area contributed by atoms with E-state index in [-0.39, 0.29) is 22.6 Å². The Labute approximate surface area is 117 Å². The Bertz CT molecular complexity index is 669. The van der Waals surface area contributed by atoms with E-state index in [2.05, 4.69) is 10.3 Å². The number of carboxylic acid groups (broad SMARTS) is 1. The number of anilines is 3. The number of hydrogen-bond donors (Lipinski definition) is 3. The van der Waals surface area contributed by atoms with Crippen LogP contribution < -0.4 is 11.1 Å². The van der Waals surface area contributed by atoms with Crippen molar-refractivity contribution in [3.8, 4) is 0 Å². The normalized spacial score (nSPS) is 11.2. The molecule has 0 fully saturated rings. The second kappa shape index (κ2) is 5.31. The quantitative estimate of drug-likeness (QED) is 0.757. The highest BCUT2D eigenvalue weighted by Crippen LogP contribution is 2.29. The number of hydrogen-bond acceptors (Lipinski definition) is 4. The Kier molecular flexibility index (Phi) is 3.70. The molecule has 0 saturated heterocycles. The molecule has 0 aliphatic rings. The van der Waals surface area contributed by atoms with E-state index < -0.39 is 17.8 Å². The molecular formula is C13H10F3N3O2. The van der Waals surface area contributed by atoms with Gasteiger partial charge in [-0.2, -0.15) is 13.2 Å². The van der Waals surface area contributed by atoms with E-state index >= 15 is 0 Å². The summed E-state index contributed by atoms with van der Waals surface area (Å²) in [6, 6.07) is 6.13. The van der Waals surface area contributed by atoms with Gasteiger partial charge in [-0.05, 0) is 30.3 Å². The highest BCUT2D eigenvalue weighted by Gasteiger charge is 2.32. The molecule has 0 radical (unpaired) electrons. The average Bonchev–Trinajstić information content (AvgIpc) is 2.40. The van der Waals surface area contributed by atoms with Crippen molar-refractivity contribution in [3.63, 3.8) is 0 Å². The first kappa shape index (κ1) is 14.6. The average molecular weight is 297 g/mol. The highest BCUT2D eigenvalue weighted by molar-refractivity contribution is 5.96. The second-order valence-electron chi connectivity index (χ2n) is 4.17. The lowest BCUT2D eigenvalue weighted by Crippen LogP contribution is -2.08. The molecular weight excluding hydrogens is 287 g/mol. The molecule has 0 aliphatic heterocycles. The maximum Gasteiger partial charge on any atom is 0.433 e. The first-order valence-electron chi connectivity index (χ1n) is 5.70. The van der Waals surface area contributed by atoms with Crippen LogP contribution in [0.4, 0.5) is 30.2 Å². The predicted octanol–water partition coefficient (Wildman–Crippen LogP) is 3.12. The number of rotatable bonds is 3. The van der Waals surface area contributed by atoms with Crippen molar-refractivity contribution in [2.75, 3.05) is 11.1 Å². The topological polar surface area (TPSA) is 88.2 Å². The third-order valence-corrected chi connectivity index (χ3v) is 2.61. The lowest BCUT2D eigenvalue weighted by molar-refractivity contribution is -0.141. The molecule has 0 bridgehead atoms. The zero-order valence-electron chi connectivity index (χ0n) is 10.5. The van der Waals surface area contributed by atoms with E-state index in [0.29, 0.717) is 0 Å². The summed E-state index contributed by atoms with van der Waals surface area (Å²) in [5, 5.41) is 11.8. The summed E-state index contributed by atoms with van der Waals surface area (Å²) >= 11 is 0. The molecule has 0 amide bonds. The number of aromatic nitrogens is 1. The fourth-order valence-electron chi connectivity index (χ4n) is 1.64. The molecule has 0 aliphatic carbocycles. The number of nitrogen functional groups attached to an aromatic ring is 1. The second-order valence-corrected chi connectivity index (χ2v) is 4.17. The number of nitrogens with one attached hydrogen (secondary N) is 1. The number of nitrogens with zero attached hydrogens (tertiary/aromatic N) is 1. The molecule has 1 aromatic carbocycles. The Hall–Kier alpha value is -2.77. The largest absolute Gasteiger partial charge is 0.478 e. The predicted molar refractivity (Wildman–Crippen MR) is 70.3 cm³/mol. The lowest BCUT2D eigenvalue weighted by Gasteiger charge is -2.11. The fourth-order valence-corrected chi connectivity index (χ4v) is 1.64. The van der Waals surface area contributed by atoms with Gasteiger partial charge in [0.2, 0.25) is 0 Å². The van der Waals surface area contributed by atoms with Gasteiger partial charge in [-0.25, -0.2) is 9.78 Å². The number of carbonyl (C=O) groups is 1. The van der Waals surface area contributed by atoms with E-state index in [1.54, 1.807) is 0 Å². The molecule has 2 aromatic rings. The minimum Gasteiger partial charge on any atom is -0.478 e. The van der Waals surface area contributed by atoms with Crippen LogP contribution >= 0.6 is 0 Å². The minimum absolute atomic E-state index is 0.0881. The summed E-state index contributed by atoms with van der Waals surface area (Å²) in [6.07, 6.45) is -3.54. The van der Waals surface area contributed by atoms with Crippen LogP contribution in [0.2, 0.25) is 0 Å². The highest BCUT2D eigenvalue weighted by atomic mass is 19.4. The Morgan fingerprint density at radius 2 is 1.95 bits per heavy atom. The van der Waals surface area contributed by atoms with Crippen molar-refractivity contribution in [1.82, 2.24) is 4.98 Å². The zero-order valence-corrected chi connectivity index (χ0v) is 10.5. The SMILES string of the molecule is Nc1ccc(Nc2ccc(C(F)(F)F)nc2)c(C(=O)O)c1. The van der Waals surface area contributed by atoms with E-state index in [4.69, 9.17) is 10.8 Å². The molecule has 1 heterocycles. The van der Waals surface area contributed by atoms with Crippen molar-refractivity contribution in [2.45, 2.75) is 6.18 Å². The van der Waals surface area contributed by atoms with E-state index in [9.17, 15) is 18.0 Å². The molecule has 0 unspecified atom stereocenters. The summed E-state index contributed by atoms with van der Waals surface area (Å²) in [7, 11) is 0. The van der Waals surface area contributed by atoms with Gasteiger partial charge < -0.3 is 16.2 Å². The molecule has 4 N–H and O–H groups in total. The van der Waals surface area contributed by atoms with Gasteiger partial charge in [0.05, 0.1) is 23.1 Å². The summed E-state index contributed by atoms with van der Waals surface area (Å²) in [5.41, 5.74) is 5.09. The van der Waals surface area contributed by atoms with Gasteiger partial charge in [0.15, 0.2) is 0 Å². The van der Waals surface area contributed by atoms with E-state index in [0.717, 1.165) is 18.3 Å². The summed E-state index contributed by atoms with van der Waals surface area (Å²) in [5.74, 6) is -1.20. The van der Waals surface area contributed by atoms with Gasteiger partial charge >= 0.3 is 12.1 Å². The van der Waals surface area contributed by atoms with Crippen LogP contribution in [-0.2, 0) is 6.18 Å². The van der Waals surface area contributed by atoms with Crippen molar-refractivity contribution in [3.05, 3.63) is 47.8 Å². The Morgan fingerprint density at radius 3 is 2.48 bits per heavy atom. The van der Waals surface area contributed by atoms with Gasteiger partial charge in [-0.15, -0.1) is 0 Å². The first-order chi connectivity index (χ1) is 9.77. The minimum atomic E-state index is -4.52. The molecule has 1 aromatic heterocycles. The lowest BCUT2D eigenvalue weighted by atomic mass is 10.1. The van der Waals surface area contributed by atoms with Crippen LogP contribution in [0.15, 0.2) is 36.5 Å². The molecule has 0 saturated carbocycles. The number of alkyl halides is 3. The summed E-state index contributed by atoms with van der Waals surface area (Å²) < 4.78 is 37.2. The molecule has 8 heteroatoms. The molecule has 2 rings (SSSR count). The number of aromatic carboxylic acids is 1. The Balaban J connectivity index is 2.28. The summed E-state index contributed by atoms with van der Waals surface area (Å²) in [6.45, 7) is 0. The van der Waals surface area contributed by atoms with Gasteiger partial charge in [-0.3, -0.25) is 0 Å². The first-order valence-corrected chi connectivity index (χ1v) is 5.70. The molecule has 0 spiro atoms. The van der Waals surface area contributed by atoms with Gasteiger partial charge in [-0.1, -0.05) is 0 Å². The third-order valence-electron chi connectivity index (χ3n) is 2.61. The van der Waals surface area contributed by atoms with E-state index in [1.165, 1.54) is 18.2 Å². The van der Waals surface area contributed by atoms with Gasteiger partial charge in [0.1, 0.15) is 5.69 Å². The maximum atomic E-state index is 12.4. The standard InChI is InChI=1S/C13H10F3N3O2/c14-13(15,16)11-4-2-8(6-18-11)19-10-3-1-7(17)5-9(10)12(20)21/h1-6,19H,17H2,(H,20,21). The maximum absolute atomic E-state index is 12.4. The number of benzene rings is 1. The van der Waals surface area contributed by atoms with Crippen LogP contribution in [0.3, 0.4) is 0 Å². The van der Waals surface area contributed by atoms with Crippen molar-refractivity contribution < 1.29 is 23.1 Å². The monoisotopic (exact) mass is 297 g/mol. The number of nitrogens with two attached hydrogens (primary N) is 1. The van der Waals surface area contributed by atoms with Crippen molar-refractivity contribution >= 4 is 23.0 Å².